The molecule has 4 rings (SSSR count). The van der Waals surface area contributed by atoms with Gasteiger partial charge in [-0.25, -0.2) is 0 Å². The van der Waals surface area contributed by atoms with E-state index in [2.05, 4.69) is 25.1 Å². The minimum atomic E-state index is -0.115. The first-order chi connectivity index (χ1) is 11.2. The van der Waals surface area contributed by atoms with Crippen LogP contribution in [0.5, 0.6) is 0 Å². The van der Waals surface area contributed by atoms with Crippen molar-refractivity contribution >= 4 is 0 Å². The zero-order chi connectivity index (χ0) is 15.8. The minimum absolute atomic E-state index is 0.115. The van der Waals surface area contributed by atoms with E-state index in [1.54, 1.807) is 0 Å². The van der Waals surface area contributed by atoms with Crippen molar-refractivity contribution in [3.63, 3.8) is 0 Å². The average Bonchev–Trinajstić information content (AvgIpc) is 3.11. The molecular weight excluding hydrogens is 298 g/mol. The quantitative estimate of drug-likeness (QED) is 0.823. The van der Waals surface area contributed by atoms with Gasteiger partial charge in [0.05, 0.1) is 18.8 Å². The SMILES string of the molecule is Cc1cc(CN2CC(N3CCOC(c4nc(C)no4)C3)C2)on1. The summed E-state index contributed by atoms with van der Waals surface area (Å²) in [6.45, 7) is 9.12. The van der Waals surface area contributed by atoms with Gasteiger partial charge in [0, 0.05) is 38.3 Å². The van der Waals surface area contributed by atoms with Crippen molar-refractivity contribution in [2.75, 3.05) is 32.8 Å². The van der Waals surface area contributed by atoms with E-state index >= 15 is 0 Å². The van der Waals surface area contributed by atoms with Gasteiger partial charge in [-0.3, -0.25) is 9.80 Å². The van der Waals surface area contributed by atoms with Gasteiger partial charge in [0.15, 0.2) is 11.6 Å². The zero-order valence-corrected chi connectivity index (χ0v) is 13.4. The number of morpholine rings is 1. The predicted octanol–water partition coefficient (Wildman–Crippen LogP) is 0.932. The Balaban J connectivity index is 1.30. The van der Waals surface area contributed by atoms with Crippen LogP contribution in [0.3, 0.4) is 0 Å². The van der Waals surface area contributed by atoms with Crippen LogP contribution in [0.2, 0.25) is 0 Å². The predicted molar refractivity (Wildman–Crippen MR) is 79.6 cm³/mol. The summed E-state index contributed by atoms with van der Waals surface area (Å²) in [7, 11) is 0. The molecule has 0 spiro atoms. The number of hydrogen-bond acceptors (Lipinski definition) is 8. The molecule has 4 heterocycles. The molecule has 0 aliphatic carbocycles. The lowest BCUT2D eigenvalue weighted by Gasteiger charge is -2.47. The molecule has 2 saturated heterocycles. The van der Waals surface area contributed by atoms with Gasteiger partial charge in [0.1, 0.15) is 6.10 Å². The maximum atomic E-state index is 5.78. The molecule has 0 radical (unpaired) electrons. The van der Waals surface area contributed by atoms with E-state index in [-0.39, 0.29) is 6.10 Å². The summed E-state index contributed by atoms with van der Waals surface area (Å²) in [5.41, 5.74) is 0.933. The number of likely N-dealkylation sites (tertiary alicyclic amines) is 1. The molecule has 23 heavy (non-hydrogen) atoms. The average molecular weight is 319 g/mol. The summed E-state index contributed by atoms with van der Waals surface area (Å²) < 4.78 is 16.3. The van der Waals surface area contributed by atoms with Gasteiger partial charge in [-0.2, -0.15) is 4.98 Å². The zero-order valence-electron chi connectivity index (χ0n) is 13.4. The third kappa shape index (κ3) is 3.15. The first-order valence-electron chi connectivity index (χ1n) is 7.98. The molecule has 0 N–H and O–H groups in total. The highest BCUT2D eigenvalue weighted by molar-refractivity contribution is 5.04. The summed E-state index contributed by atoms with van der Waals surface area (Å²) in [4.78, 5) is 9.11. The van der Waals surface area contributed by atoms with Gasteiger partial charge >= 0.3 is 0 Å². The Bertz CT molecular complexity index is 664. The smallest absolute Gasteiger partial charge is 0.257 e. The number of hydrogen-bond donors (Lipinski definition) is 0. The van der Waals surface area contributed by atoms with Gasteiger partial charge in [0.2, 0.25) is 0 Å². The Labute approximate surface area is 134 Å². The number of aromatic nitrogens is 3. The second kappa shape index (κ2) is 6.03. The van der Waals surface area contributed by atoms with E-state index in [4.69, 9.17) is 13.8 Å². The maximum Gasteiger partial charge on any atom is 0.257 e. The lowest BCUT2D eigenvalue weighted by molar-refractivity contribution is -0.0851. The molecule has 0 bridgehead atoms. The lowest BCUT2D eigenvalue weighted by Crippen LogP contribution is -2.61. The van der Waals surface area contributed by atoms with Crippen molar-refractivity contribution < 1.29 is 13.8 Å². The van der Waals surface area contributed by atoms with Crippen molar-refractivity contribution in [2.24, 2.45) is 0 Å². The second-order valence-electron chi connectivity index (χ2n) is 6.32. The molecule has 8 heteroatoms. The van der Waals surface area contributed by atoms with Crippen LogP contribution in [0.1, 0.15) is 29.3 Å². The highest BCUT2D eigenvalue weighted by Gasteiger charge is 2.36. The standard InChI is InChI=1S/C15H21N5O3/c1-10-5-13(22-17-10)8-19-6-12(7-19)20-3-4-21-14(9-20)15-16-11(2)18-23-15/h5,12,14H,3-4,6-9H2,1-2H3. The highest BCUT2D eigenvalue weighted by Crippen LogP contribution is 2.26. The monoisotopic (exact) mass is 319 g/mol. The van der Waals surface area contributed by atoms with Crippen molar-refractivity contribution in [3.8, 4) is 0 Å². The Morgan fingerprint density at radius 1 is 1.17 bits per heavy atom. The van der Waals surface area contributed by atoms with E-state index in [9.17, 15) is 0 Å². The molecule has 2 aliphatic rings. The molecule has 2 aliphatic heterocycles. The van der Waals surface area contributed by atoms with E-state index in [0.29, 0.717) is 24.4 Å². The normalized spacial score (nSPS) is 24.0. The van der Waals surface area contributed by atoms with E-state index in [0.717, 1.165) is 44.2 Å². The summed E-state index contributed by atoms with van der Waals surface area (Å²) in [5, 5.41) is 7.78. The summed E-state index contributed by atoms with van der Waals surface area (Å²) in [6.07, 6.45) is -0.115. The highest BCUT2D eigenvalue weighted by atomic mass is 16.5. The Hall–Kier alpha value is -1.77. The van der Waals surface area contributed by atoms with Gasteiger partial charge in [-0.15, -0.1) is 0 Å². The lowest BCUT2D eigenvalue weighted by atomic mass is 10.1. The summed E-state index contributed by atoms with van der Waals surface area (Å²) >= 11 is 0. The van der Waals surface area contributed by atoms with Crippen LogP contribution in [-0.2, 0) is 11.3 Å². The number of rotatable bonds is 4. The molecule has 2 fully saturated rings. The third-order valence-electron chi connectivity index (χ3n) is 4.43. The minimum Gasteiger partial charge on any atom is -0.366 e. The molecule has 2 aromatic heterocycles. The number of nitrogens with zero attached hydrogens (tertiary/aromatic N) is 5. The molecule has 0 aromatic carbocycles. The maximum absolute atomic E-state index is 5.78. The fraction of sp³-hybridized carbons (Fsp3) is 0.667. The fourth-order valence-corrected chi connectivity index (χ4v) is 3.21. The first-order valence-corrected chi connectivity index (χ1v) is 7.98. The first kappa shape index (κ1) is 14.8. The Kier molecular flexibility index (Phi) is 3.88. The van der Waals surface area contributed by atoms with Crippen molar-refractivity contribution in [3.05, 3.63) is 29.2 Å². The molecule has 8 nitrogen and oxygen atoms in total. The van der Waals surface area contributed by atoms with E-state index in [1.165, 1.54) is 0 Å². The molecule has 1 unspecified atom stereocenters. The summed E-state index contributed by atoms with van der Waals surface area (Å²) in [5.74, 6) is 2.17. The molecule has 1 atom stereocenters. The molecular formula is C15H21N5O3. The van der Waals surface area contributed by atoms with Crippen LogP contribution >= 0.6 is 0 Å². The van der Waals surface area contributed by atoms with Crippen molar-refractivity contribution in [1.29, 1.82) is 0 Å². The van der Waals surface area contributed by atoms with E-state index < -0.39 is 0 Å². The molecule has 0 saturated carbocycles. The fourth-order valence-electron chi connectivity index (χ4n) is 3.21. The van der Waals surface area contributed by atoms with Crippen LogP contribution in [0, 0.1) is 13.8 Å². The van der Waals surface area contributed by atoms with Crippen LogP contribution in [0.25, 0.3) is 0 Å². The topological polar surface area (TPSA) is 80.7 Å². The Morgan fingerprint density at radius 2 is 2.04 bits per heavy atom. The summed E-state index contributed by atoms with van der Waals surface area (Å²) in [6, 6.07) is 2.55. The van der Waals surface area contributed by atoms with Gasteiger partial charge < -0.3 is 13.8 Å². The van der Waals surface area contributed by atoms with Crippen molar-refractivity contribution in [1.82, 2.24) is 25.1 Å². The van der Waals surface area contributed by atoms with Gasteiger partial charge in [-0.05, 0) is 13.8 Å². The van der Waals surface area contributed by atoms with Crippen LogP contribution in [0.15, 0.2) is 15.1 Å². The molecule has 2 aromatic rings. The van der Waals surface area contributed by atoms with Crippen LogP contribution in [0.4, 0.5) is 0 Å². The van der Waals surface area contributed by atoms with Crippen LogP contribution in [-0.4, -0.2) is 63.9 Å². The largest absolute Gasteiger partial charge is 0.366 e. The third-order valence-corrected chi connectivity index (χ3v) is 4.43. The van der Waals surface area contributed by atoms with Gasteiger partial charge in [-0.1, -0.05) is 10.3 Å². The number of aryl methyl sites for hydroxylation is 2. The van der Waals surface area contributed by atoms with Crippen LogP contribution < -0.4 is 0 Å². The Morgan fingerprint density at radius 3 is 2.74 bits per heavy atom. The van der Waals surface area contributed by atoms with Crippen molar-refractivity contribution in [2.45, 2.75) is 32.5 Å². The van der Waals surface area contributed by atoms with Gasteiger partial charge in [0.25, 0.3) is 5.89 Å². The van der Waals surface area contributed by atoms with E-state index in [1.807, 2.05) is 19.9 Å². The molecule has 124 valence electrons. The number of ether oxygens (including phenoxy) is 1. The molecule has 0 amide bonds. The second-order valence-corrected chi connectivity index (χ2v) is 6.32.